The molecule has 3 nitrogen and oxygen atoms in total. The zero-order chi connectivity index (χ0) is 25.7. The van der Waals surface area contributed by atoms with Gasteiger partial charge in [0.25, 0.3) is 0 Å². The molecule has 7 rings (SSSR count). The number of aryl methyl sites for hydroxylation is 1. The summed E-state index contributed by atoms with van der Waals surface area (Å²) in [7, 11) is 0. The molecule has 3 heterocycles. The minimum atomic E-state index is 0.110. The van der Waals surface area contributed by atoms with E-state index >= 15 is 0 Å². The molecule has 0 amide bonds. The number of allylic oxidation sites excluding steroid dienone is 1. The van der Waals surface area contributed by atoms with Gasteiger partial charge in [0.15, 0.2) is 0 Å². The van der Waals surface area contributed by atoms with Gasteiger partial charge in [-0.25, -0.2) is 4.68 Å². The summed E-state index contributed by atoms with van der Waals surface area (Å²) in [5, 5.41) is 8.53. The molecule has 1 aromatic heterocycles. The highest BCUT2D eigenvalue weighted by atomic mass is 35.5. The zero-order valence-corrected chi connectivity index (χ0v) is 23.8. The highest BCUT2D eigenvalue weighted by molar-refractivity contribution is 8.08. The maximum absolute atomic E-state index is 6.36. The minimum Gasteiger partial charge on any atom is -0.346 e. The highest BCUT2D eigenvalue weighted by Gasteiger charge is 2.51. The highest BCUT2D eigenvalue weighted by Crippen LogP contribution is 2.65. The van der Waals surface area contributed by atoms with Crippen LogP contribution in [0.1, 0.15) is 60.4 Å². The molecule has 192 valence electrons. The maximum Gasteiger partial charge on any atom is 0.110 e. The maximum atomic E-state index is 6.36. The fourth-order valence-electron chi connectivity index (χ4n) is 6.26. The first-order valence-electron chi connectivity index (χ1n) is 13.5. The lowest BCUT2D eigenvalue weighted by Crippen LogP contribution is -2.42. The van der Waals surface area contributed by atoms with Crippen LogP contribution in [0.25, 0.3) is 5.69 Å². The second-order valence-electron chi connectivity index (χ2n) is 10.5. The van der Waals surface area contributed by atoms with Crippen molar-refractivity contribution in [2.45, 2.75) is 61.4 Å². The number of benzene rings is 3. The Morgan fingerprint density at radius 3 is 2.29 bits per heavy atom. The standard InChI is InChI=1S/C32H30ClN3S2/c1-22-27-28(24-15-17-25(33)18-16-24)29-31(37-30(27)36(34-22)26-13-7-3-8-14-26)35(21-23-11-5-2-6-12-23)32(38-29)19-9-4-10-20-32/h2-3,5-8,11-18,28H,4,9-10,19-21H2,1H3. The number of hydrogen-bond donors (Lipinski definition) is 0. The predicted octanol–water partition coefficient (Wildman–Crippen LogP) is 9.15. The van der Waals surface area contributed by atoms with E-state index in [2.05, 4.69) is 101 Å². The minimum absolute atomic E-state index is 0.110. The third-order valence-electron chi connectivity index (χ3n) is 8.08. The van der Waals surface area contributed by atoms with Gasteiger partial charge in [-0.2, -0.15) is 5.10 Å². The number of aromatic nitrogens is 2. The van der Waals surface area contributed by atoms with Crippen LogP contribution < -0.4 is 0 Å². The van der Waals surface area contributed by atoms with Crippen molar-refractivity contribution < 1.29 is 0 Å². The molecule has 3 aliphatic rings. The molecule has 1 fully saturated rings. The molecule has 1 atom stereocenters. The van der Waals surface area contributed by atoms with E-state index in [1.807, 2.05) is 23.9 Å². The average Bonchev–Trinajstić information content (AvgIpc) is 3.43. The van der Waals surface area contributed by atoms with Crippen LogP contribution in [0.15, 0.2) is 99.9 Å². The predicted molar refractivity (Wildman–Crippen MR) is 160 cm³/mol. The van der Waals surface area contributed by atoms with Crippen LogP contribution in [0.4, 0.5) is 0 Å². The largest absolute Gasteiger partial charge is 0.346 e. The van der Waals surface area contributed by atoms with Crippen molar-refractivity contribution >= 4 is 35.1 Å². The van der Waals surface area contributed by atoms with Crippen molar-refractivity contribution in [2.24, 2.45) is 0 Å². The smallest absolute Gasteiger partial charge is 0.110 e. The van der Waals surface area contributed by atoms with Crippen molar-refractivity contribution in [2.75, 3.05) is 0 Å². The summed E-state index contributed by atoms with van der Waals surface area (Å²) in [5.74, 6) is 0.153. The van der Waals surface area contributed by atoms with E-state index in [1.54, 1.807) is 0 Å². The number of nitrogens with zero attached hydrogens (tertiary/aromatic N) is 3. The molecule has 38 heavy (non-hydrogen) atoms. The van der Waals surface area contributed by atoms with Crippen molar-refractivity contribution in [3.8, 4) is 5.69 Å². The Kier molecular flexibility index (Phi) is 6.34. The number of halogens is 1. The third-order valence-corrected chi connectivity index (χ3v) is 11.3. The molecule has 1 aliphatic carbocycles. The summed E-state index contributed by atoms with van der Waals surface area (Å²) in [6.45, 7) is 3.10. The topological polar surface area (TPSA) is 21.1 Å². The van der Waals surface area contributed by atoms with E-state index in [0.29, 0.717) is 0 Å². The summed E-state index contributed by atoms with van der Waals surface area (Å²) >= 11 is 10.4. The molecular formula is C32H30ClN3S2. The Morgan fingerprint density at radius 2 is 1.58 bits per heavy atom. The SMILES string of the molecule is Cc1nn(-c2ccccc2)c2c1C(c1ccc(Cl)cc1)C1=C(S2)N(Cc2ccccc2)C2(CCCCC2)S1. The van der Waals surface area contributed by atoms with E-state index in [4.69, 9.17) is 16.7 Å². The van der Waals surface area contributed by atoms with Gasteiger partial charge >= 0.3 is 0 Å². The number of rotatable bonds is 4. The monoisotopic (exact) mass is 555 g/mol. The van der Waals surface area contributed by atoms with Crippen LogP contribution in [0.3, 0.4) is 0 Å². The van der Waals surface area contributed by atoms with Gasteiger partial charge in [-0.1, -0.05) is 115 Å². The lowest BCUT2D eigenvalue weighted by atomic mass is 9.90. The van der Waals surface area contributed by atoms with Gasteiger partial charge in [-0.3, -0.25) is 0 Å². The molecule has 2 aliphatic heterocycles. The van der Waals surface area contributed by atoms with Gasteiger partial charge in [0.2, 0.25) is 0 Å². The lowest BCUT2D eigenvalue weighted by molar-refractivity contribution is 0.179. The molecular weight excluding hydrogens is 526 g/mol. The number of para-hydroxylation sites is 1. The Balaban J connectivity index is 1.42. The number of fused-ring (bicyclic) bond motifs is 1. The summed E-state index contributed by atoms with van der Waals surface area (Å²) < 4.78 is 2.17. The number of hydrogen-bond acceptors (Lipinski definition) is 4. The van der Waals surface area contributed by atoms with Crippen LogP contribution in [0.2, 0.25) is 5.02 Å². The molecule has 1 spiro atoms. The quantitative estimate of drug-likeness (QED) is 0.250. The summed E-state index contributed by atoms with van der Waals surface area (Å²) in [5.41, 5.74) is 6.20. The van der Waals surface area contributed by atoms with Crippen LogP contribution >= 0.6 is 35.1 Å². The van der Waals surface area contributed by atoms with Gasteiger partial charge in [-0.05, 0) is 55.2 Å². The normalized spacial score (nSPS) is 20.1. The third kappa shape index (κ3) is 4.11. The second kappa shape index (κ2) is 9.86. The van der Waals surface area contributed by atoms with Gasteiger partial charge in [0.1, 0.15) is 5.03 Å². The van der Waals surface area contributed by atoms with E-state index in [9.17, 15) is 0 Å². The van der Waals surface area contributed by atoms with Crippen molar-refractivity contribution in [1.29, 1.82) is 0 Å². The molecule has 0 radical (unpaired) electrons. The van der Waals surface area contributed by atoms with Crippen LogP contribution in [-0.2, 0) is 6.54 Å². The molecule has 6 heteroatoms. The Labute approximate surface area is 238 Å². The van der Waals surface area contributed by atoms with E-state index in [0.717, 1.165) is 22.9 Å². The van der Waals surface area contributed by atoms with Crippen LogP contribution in [0.5, 0.6) is 0 Å². The fourth-order valence-corrected chi connectivity index (χ4v) is 9.79. The fraction of sp³-hybridized carbons (Fsp3) is 0.281. The van der Waals surface area contributed by atoms with E-state index in [-0.39, 0.29) is 10.8 Å². The molecule has 1 saturated carbocycles. The second-order valence-corrected chi connectivity index (χ2v) is 13.3. The van der Waals surface area contributed by atoms with Crippen molar-refractivity contribution in [3.63, 3.8) is 0 Å². The van der Waals surface area contributed by atoms with Gasteiger partial charge < -0.3 is 4.90 Å². The Bertz CT molecular complexity index is 1490. The molecule has 3 aromatic carbocycles. The first-order valence-corrected chi connectivity index (χ1v) is 15.5. The van der Waals surface area contributed by atoms with E-state index in [1.165, 1.54) is 63.8 Å². The number of thioether (sulfide) groups is 2. The van der Waals surface area contributed by atoms with Crippen molar-refractivity contribution in [1.82, 2.24) is 14.7 Å². The Hall–Kier alpha value is -2.60. The summed E-state index contributed by atoms with van der Waals surface area (Å²) in [4.78, 5) is 4.35. The first-order chi connectivity index (χ1) is 18.6. The van der Waals surface area contributed by atoms with Crippen molar-refractivity contribution in [3.05, 3.63) is 122 Å². The molecule has 1 unspecified atom stereocenters. The Morgan fingerprint density at radius 1 is 0.895 bits per heavy atom. The first kappa shape index (κ1) is 24.4. The van der Waals surface area contributed by atoms with Crippen LogP contribution in [-0.4, -0.2) is 19.6 Å². The van der Waals surface area contributed by atoms with Gasteiger partial charge in [0, 0.05) is 28.0 Å². The van der Waals surface area contributed by atoms with Gasteiger partial charge in [-0.15, -0.1) is 0 Å². The zero-order valence-electron chi connectivity index (χ0n) is 21.4. The average molecular weight is 556 g/mol. The lowest BCUT2D eigenvalue weighted by Gasteiger charge is -2.43. The molecule has 4 aromatic rings. The van der Waals surface area contributed by atoms with Gasteiger partial charge in [0.05, 0.1) is 21.3 Å². The van der Waals surface area contributed by atoms with Crippen LogP contribution in [0, 0.1) is 6.92 Å². The van der Waals surface area contributed by atoms with E-state index < -0.39 is 0 Å². The molecule has 0 N–H and O–H groups in total. The summed E-state index contributed by atoms with van der Waals surface area (Å²) in [6.07, 6.45) is 6.37. The molecule has 0 saturated heterocycles. The summed E-state index contributed by atoms with van der Waals surface area (Å²) in [6, 6.07) is 30.0. The molecule has 0 bridgehead atoms.